The summed E-state index contributed by atoms with van der Waals surface area (Å²) in [7, 11) is 0. The largest absolute Gasteiger partial charge is 0.490 e. The lowest BCUT2D eigenvalue weighted by Crippen LogP contribution is -2.19. The minimum atomic E-state index is 0.371. The highest BCUT2D eigenvalue weighted by molar-refractivity contribution is 6.34. The summed E-state index contributed by atoms with van der Waals surface area (Å²) in [6.45, 7) is 1.02. The second-order valence-corrected chi connectivity index (χ2v) is 5.13. The monoisotopic (exact) mass is 282 g/mol. The normalized spacial score (nSPS) is 16.3. The van der Waals surface area contributed by atoms with Crippen LogP contribution in [0.15, 0.2) is 18.2 Å². The molecular weight excluding hydrogens is 264 g/mol. The van der Waals surface area contributed by atoms with E-state index in [9.17, 15) is 4.79 Å². The summed E-state index contributed by atoms with van der Waals surface area (Å²) >= 11 is 6.04. The van der Waals surface area contributed by atoms with Crippen LogP contribution in [0.5, 0.6) is 5.75 Å². The van der Waals surface area contributed by atoms with Crippen molar-refractivity contribution in [1.82, 2.24) is 0 Å². The lowest BCUT2D eigenvalue weighted by Gasteiger charge is -2.22. The van der Waals surface area contributed by atoms with E-state index in [2.05, 4.69) is 0 Å². The van der Waals surface area contributed by atoms with Crippen LogP contribution < -0.4 is 4.74 Å². The van der Waals surface area contributed by atoms with Crippen molar-refractivity contribution in [1.29, 1.82) is 0 Å². The van der Waals surface area contributed by atoms with Crippen LogP contribution in [0.1, 0.15) is 42.5 Å². The molecule has 1 aromatic rings. The Hall–Kier alpha value is -1.06. The molecule has 0 heterocycles. The number of carbonyl (C=O) groups is 1. The van der Waals surface area contributed by atoms with Crippen molar-refractivity contribution in [3.63, 3.8) is 0 Å². The maximum Gasteiger partial charge on any atom is 0.151 e. The van der Waals surface area contributed by atoms with E-state index < -0.39 is 0 Å². The van der Waals surface area contributed by atoms with Crippen LogP contribution in [-0.2, 0) is 4.74 Å². The van der Waals surface area contributed by atoms with Gasteiger partial charge in [0.25, 0.3) is 0 Å². The van der Waals surface area contributed by atoms with Gasteiger partial charge in [0, 0.05) is 5.56 Å². The summed E-state index contributed by atoms with van der Waals surface area (Å²) in [5.74, 6) is 0.540. The Labute approximate surface area is 118 Å². The average molecular weight is 283 g/mol. The minimum Gasteiger partial charge on any atom is -0.490 e. The molecule has 0 aromatic heterocycles. The highest BCUT2D eigenvalue weighted by Gasteiger charge is 2.13. The van der Waals surface area contributed by atoms with Crippen LogP contribution in [0, 0.1) is 0 Å². The first-order chi connectivity index (χ1) is 9.31. The first-order valence-corrected chi connectivity index (χ1v) is 7.17. The summed E-state index contributed by atoms with van der Waals surface area (Å²) in [5.41, 5.74) is 0.451. The molecule has 4 heteroatoms. The fraction of sp³-hybridized carbons (Fsp3) is 0.533. The van der Waals surface area contributed by atoms with E-state index in [1.807, 2.05) is 0 Å². The van der Waals surface area contributed by atoms with E-state index in [0.29, 0.717) is 35.7 Å². The smallest absolute Gasteiger partial charge is 0.151 e. The third-order valence-corrected chi connectivity index (χ3v) is 3.77. The molecule has 0 amide bonds. The van der Waals surface area contributed by atoms with E-state index in [-0.39, 0.29) is 0 Å². The third kappa shape index (κ3) is 4.22. The standard InChI is InChI=1S/C15H19ClO3/c16-15-12(11-17)5-4-8-14(15)19-10-9-18-13-6-2-1-3-7-13/h4-5,8,11,13H,1-3,6-7,9-10H2. The molecule has 0 aliphatic heterocycles. The molecule has 19 heavy (non-hydrogen) atoms. The second-order valence-electron chi connectivity index (χ2n) is 4.76. The van der Waals surface area contributed by atoms with Gasteiger partial charge in [0.2, 0.25) is 0 Å². The zero-order valence-electron chi connectivity index (χ0n) is 10.9. The fourth-order valence-corrected chi connectivity index (χ4v) is 2.55. The fourth-order valence-electron chi connectivity index (χ4n) is 2.33. The molecule has 0 spiro atoms. The number of halogens is 1. The number of hydrogen-bond donors (Lipinski definition) is 0. The van der Waals surface area contributed by atoms with Gasteiger partial charge in [0.15, 0.2) is 6.29 Å². The lowest BCUT2D eigenvalue weighted by atomic mass is 9.98. The van der Waals surface area contributed by atoms with Gasteiger partial charge in [0.05, 0.1) is 17.7 Å². The molecule has 1 fully saturated rings. The van der Waals surface area contributed by atoms with E-state index in [1.54, 1.807) is 18.2 Å². The van der Waals surface area contributed by atoms with E-state index >= 15 is 0 Å². The zero-order valence-corrected chi connectivity index (χ0v) is 11.7. The predicted octanol–water partition coefficient (Wildman–Crippen LogP) is 3.88. The predicted molar refractivity (Wildman–Crippen MR) is 75.2 cm³/mol. The Morgan fingerprint density at radius 2 is 2.00 bits per heavy atom. The van der Waals surface area contributed by atoms with Crippen LogP contribution >= 0.6 is 11.6 Å². The van der Waals surface area contributed by atoms with Gasteiger partial charge in [0.1, 0.15) is 12.4 Å². The van der Waals surface area contributed by atoms with Gasteiger partial charge in [-0.05, 0) is 25.0 Å². The zero-order chi connectivity index (χ0) is 13.5. The number of aldehydes is 1. The number of hydrogen-bond acceptors (Lipinski definition) is 3. The Balaban J connectivity index is 1.74. The van der Waals surface area contributed by atoms with Gasteiger partial charge in [-0.25, -0.2) is 0 Å². The third-order valence-electron chi connectivity index (χ3n) is 3.37. The lowest BCUT2D eigenvalue weighted by molar-refractivity contribution is 0.0129. The second kappa shape index (κ2) is 7.51. The van der Waals surface area contributed by atoms with Crippen molar-refractivity contribution < 1.29 is 14.3 Å². The molecule has 0 saturated heterocycles. The summed E-state index contributed by atoms with van der Waals surface area (Å²) in [5, 5.41) is 0.371. The van der Waals surface area contributed by atoms with Crippen LogP contribution in [0.2, 0.25) is 5.02 Å². The van der Waals surface area contributed by atoms with Crippen LogP contribution in [0.25, 0.3) is 0 Å². The molecule has 0 atom stereocenters. The van der Waals surface area contributed by atoms with Crippen molar-refractivity contribution in [3.05, 3.63) is 28.8 Å². The first-order valence-electron chi connectivity index (χ1n) is 6.79. The quantitative estimate of drug-likeness (QED) is 0.587. The van der Waals surface area contributed by atoms with Crippen molar-refractivity contribution in [3.8, 4) is 5.75 Å². The maximum atomic E-state index is 10.8. The Bertz CT molecular complexity index is 414. The molecule has 0 radical (unpaired) electrons. The highest BCUT2D eigenvalue weighted by atomic mass is 35.5. The molecule has 1 saturated carbocycles. The molecule has 3 nitrogen and oxygen atoms in total. The Morgan fingerprint density at radius 3 is 2.74 bits per heavy atom. The van der Waals surface area contributed by atoms with E-state index in [4.69, 9.17) is 21.1 Å². The number of rotatable bonds is 6. The molecule has 104 valence electrons. The Kier molecular flexibility index (Phi) is 5.67. The molecule has 0 N–H and O–H groups in total. The average Bonchev–Trinajstić information content (AvgIpc) is 2.46. The number of ether oxygens (including phenoxy) is 2. The molecule has 0 unspecified atom stereocenters. The molecule has 1 aromatic carbocycles. The van der Waals surface area contributed by atoms with Gasteiger partial charge in [-0.3, -0.25) is 4.79 Å². The summed E-state index contributed by atoms with van der Waals surface area (Å²) in [6.07, 6.45) is 7.27. The van der Waals surface area contributed by atoms with Gasteiger partial charge in [-0.15, -0.1) is 0 Å². The summed E-state index contributed by atoms with van der Waals surface area (Å²) < 4.78 is 11.3. The number of carbonyl (C=O) groups excluding carboxylic acids is 1. The molecule has 1 aliphatic carbocycles. The van der Waals surface area contributed by atoms with Gasteiger partial charge < -0.3 is 9.47 Å². The van der Waals surface area contributed by atoms with Crippen molar-refractivity contribution in [2.45, 2.75) is 38.2 Å². The van der Waals surface area contributed by atoms with Gasteiger partial charge in [-0.2, -0.15) is 0 Å². The van der Waals surface area contributed by atoms with Gasteiger partial charge in [-0.1, -0.05) is 36.9 Å². The minimum absolute atomic E-state index is 0.371. The summed E-state index contributed by atoms with van der Waals surface area (Å²) in [6, 6.07) is 5.18. The van der Waals surface area contributed by atoms with Crippen molar-refractivity contribution >= 4 is 17.9 Å². The molecule has 0 bridgehead atoms. The van der Waals surface area contributed by atoms with E-state index in [0.717, 1.165) is 19.1 Å². The van der Waals surface area contributed by atoms with Crippen LogP contribution in [0.3, 0.4) is 0 Å². The SMILES string of the molecule is O=Cc1cccc(OCCOC2CCCCC2)c1Cl. The first kappa shape index (κ1) is 14.4. The van der Waals surface area contributed by atoms with Gasteiger partial charge >= 0.3 is 0 Å². The topological polar surface area (TPSA) is 35.5 Å². The van der Waals surface area contributed by atoms with Crippen LogP contribution in [0.4, 0.5) is 0 Å². The maximum absolute atomic E-state index is 10.8. The van der Waals surface area contributed by atoms with E-state index in [1.165, 1.54) is 19.3 Å². The van der Waals surface area contributed by atoms with Crippen LogP contribution in [-0.4, -0.2) is 25.6 Å². The Morgan fingerprint density at radius 1 is 1.21 bits per heavy atom. The summed E-state index contributed by atoms with van der Waals surface area (Å²) in [4.78, 5) is 10.8. The molecule has 2 rings (SSSR count). The highest BCUT2D eigenvalue weighted by Crippen LogP contribution is 2.27. The molecular formula is C15H19ClO3. The van der Waals surface area contributed by atoms with Crippen molar-refractivity contribution in [2.24, 2.45) is 0 Å². The van der Waals surface area contributed by atoms with Crippen molar-refractivity contribution in [2.75, 3.05) is 13.2 Å². The number of benzene rings is 1. The molecule has 1 aliphatic rings.